The summed E-state index contributed by atoms with van der Waals surface area (Å²) in [4.78, 5) is 17.9. The van der Waals surface area contributed by atoms with Gasteiger partial charge in [-0.05, 0) is 77.9 Å². The highest BCUT2D eigenvalue weighted by Crippen LogP contribution is 2.35. The lowest BCUT2D eigenvalue weighted by molar-refractivity contribution is 0.300. The van der Waals surface area contributed by atoms with Gasteiger partial charge in [0, 0.05) is 0 Å². The first-order valence-corrected chi connectivity index (χ1v) is 10.7. The number of benzene rings is 3. The predicted octanol–water partition coefficient (Wildman–Crippen LogP) is 4.78. The van der Waals surface area contributed by atoms with Crippen LogP contribution in [0.25, 0.3) is 11.1 Å². The predicted molar refractivity (Wildman–Crippen MR) is 110 cm³/mol. The molecule has 0 saturated carbocycles. The van der Waals surface area contributed by atoms with Crippen LogP contribution in [-0.2, 0) is 11.0 Å². The average molecular weight is 398 g/mol. The second-order valence-electron chi connectivity index (χ2n) is 6.90. The minimum Gasteiger partial charge on any atom is -0.508 e. The number of hydrogen-bond acceptors (Lipinski definition) is 3. The van der Waals surface area contributed by atoms with E-state index in [-0.39, 0.29) is 5.75 Å². The molecule has 0 aliphatic rings. The molecule has 0 aliphatic carbocycles. The van der Waals surface area contributed by atoms with Crippen molar-refractivity contribution < 1.29 is 24.2 Å². The summed E-state index contributed by atoms with van der Waals surface area (Å²) in [7, 11) is -4.20. The van der Waals surface area contributed by atoms with Crippen molar-refractivity contribution in [2.45, 2.75) is 20.3 Å². The van der Waals surface area contributed by atoms with Gasteiger partial charge in [-0.15, -0.1) is 0 Å². The van der Waals surface area contributed by atoms with E-state index in [2.05, 4.69) is 12.1 Å². The second kappa shape index (κ2) is 8.19. The maximum Gasteiger partial charge on any atom is 0.362 e. The first kappa shape index (κ1) is 20.2. The minimum atomic E-state index is -4.20. The molecular formula is C22H23O5P. The van der Waals surface area contributed by atoms with Gasteiger partial charge in [-0.3, -0.25) is 4.57 Å². The van der Waals surface area contributed by atoms with Crippen molar-refractivity contribution in [3.8, 4) is 22.6 Å². The molecule has 0 saturated heterocycles. The Morgan fingerprint density at radius 1 is 0.893 bits per heavy atom. The standard InChI is InChI=1S/C22H23O5P/c1-15-10-21(27-14-28(24,25)26)11-16(2)22(15)13-17-4-3-5-19(12-17)18-6-8-20(23)9-7-18/h3-12,23H,13-14H2,1-2H3,(H2,24,25,26). The molecule has 0 amide bonds. The summed E-state index contributed by atoms with van der Waals surface area (Å²) in [5.41, 5.74) is 6.45. The summed E-state index contributed by atoms with van der Waals surface area (Å²) in [6.45, 7) is 3.94. The van der Waals surface area contributed by atoms with Crippen LogP contribution in [0.5, 0.6) is 11.5 Å². The molecule has 0 radical (unpaired) electrons. The lowest BCUT2D eigenvalue weighted by atomic mass is 9.94. The Labute approximate surface area is 164 Å². The van der Waals surface area contributed by atoms with E-state index in [0.717, 1.165) is 39.8 Å². The Morgan fingerprint density at radius 3 is 2.14 bits per heavy atom. The van der Waals surface area contributed by atoms with Crippen molar-refractivity contribution in [3.05, 3.63) is 82.9 Å². The maximum absolute atomic E-state index is 11.0. The third kappa shape index (κ3) is 5.23. The lowest BCUT2D eigenvalue weighted by Crippen LogP contribution is -2.01. The van der Waals surface area contributed by atoms with E-state index in [1.807, 2.05) is 50.2 Å². The van der Waals surface area contributed by atoms with Gasteiger partial charge in [-0.2, -0.15) is 0 Å². The van der Waals surface area contributed by atoms with Crippen molar-refractivity contribution in [1.29, 1.82) is 0 Å². The number of rotatable bonds is 6. The molecule has 5 nitrogen and oxygen atoms in total. The lowest BCUT2D eigenvalue weighted by Gasteiger charge is -2.15. The zero-order valence-electron chi connectivity index (χ0n) is 15.8. The first-order valence-electron chi connectivity index (χ1n) is 8.87. The molecule has 0 heterocycles. The number of aryl methyl sites for hydroxylation is 2. The molecule has 0 unspecified atom stereocenters. The summed E-state index contributed by atoms with van der Waals surface area (Å²) in [5.74, 6) is 0.701. The average Bonchev–Trinajstić information content (AvgIpc) is 2.63. The zero-order chi connectivity index (χ0) is 20.3. The highest BCUT2D eigenvalue weighted by atomic mass is 31.2. The monoisotopic (exact) mass is 398 g/mol. The highest BCUT2D eigenvalue weighted by Gasteiger charge is 2.15. The molecule has 28 heavy (non-hydrogen) atoms. The number of aromatic hydroxyl groups is 1. The SMILES string of the molecule is Cc1cc(OCP(=O)(O)O)cc(C)c1Cc1cccc(-c2ccc(O)cc2)c1. The van der Waals surface area contributed by atoms with E-state index in [1.54, 1.807) is 12.1 Å². The Bertz CT molecular complexity index is 998. The molecule has 0 bridgehead atoms. The van der Waals surface area contributed by atoms with Crippen molar-refractivity contribution in [1.82, 2.24) is 0 Å². The van der Waals surface area contributed by atoms with Gasteiger partial charge < -0.3 is 19.6 Å². The molecule has 3 aromatic rings. The third-order valence-corrected chi connectivity index (χ3v) is 5.04. The van der Waals surface area contributed by atoms with Crippen LogP contribution >= 0.6 is 7.60 Å². The van der Waals surface area contributed by atoms with Gasteiger partial charge in [0.2, 0.25) is 0 Å². The Hall–Kier alpha value is -2.59. The molecule has 146 valence electrons. The zero-order valence-corrected chi connectivity index (χ0v) is 16.7. The Kier molecular flexibility index (Phi) is 5.90. The Morgan fingerprint density at radius 2 is 1.54 bits per heavy atom. The summed E-state index contributed by atoms with van der Waals surface area (Å²) in [6.07, 6.45) is 0.113. The number of phenolic OH excluding ortho intramolecular Hbond substituents is 1. The van der Waals surface area contributed by atoms with Gasteiger partial charge in [-0.25, -0.2) is 0 Å². The molecule has 0 aliphatic heterocycles. The van der Waals surface area contributed by atoms with Crippen LogP contribution in [0.2, 0.25) is 0 Å². The van der Waals surface area contributed by atoms with Crippen LogP contribution in [0, 0.1) is 13.8 Å². The smallest absolute Gasteiger partial charge is 0.362 e. The third-order valence-electron chi connectivity index (χ3n) is 4.58. The number of phenols is 1. The van der Waals surface area contributed by atoms with Gasteiger partial charge in [0.1, 0.15) is 11.5 Å². The fraction of sp³-hybridized carbons (Fsp3) is 0.182. The fourth-order valence-electron chi connectivity index (χ4n) is 3.19. The second-order valence-corrected chi connectivity index (χ2v) is 8.49. The van der Waals surface area contributed by atoms with Crippen molar-refractivity contribution in [2.75, 3.05) is 6.35 Å². The van der Waals surface area contributed by atoms with E-state index in [4.69, 9.17) is 14.5 Å². The summed E-state index contributed by atoms with van der Waals surface area (Å²) in [5, 5.41) is 9.47. The largest absolute Gasteiger partial charge is 0.508 e. The molecule has 3 N–H and O–H groups in total. The van der Waals surface area contributed by atoms with Crippen molar-refractivity contribution in [2.24, 2.45) is 0 Å². The molecule has 3 aromatic carbocycles. The molecule has 0 atom stereocenters. The van der Waals surface area contributed by atoms with Crippen LogP contribution in [0.15, 0.2) is 60.7 Å². The molecule has 0 spiro atoms. The summed E-state index contributed by atoms with van der Waals surface area (Å²) in [6, 6.07) is 19.0. The quantitative estimate of drug-likeness (QED) is 0.520. The number of hydrogen-bond donors (Lipinski definition) is 3. The van der Waals surface area contributed by atoms with E-state index >= 15 is 0 Å². The highest BCUT2D eigenvalue weighted by molar-refractivity contribution is 7.51. The van der Waals surface area contributed by atoms with E-state index in [0.29, 0.717) is 5.75 Å². The molecule has 3 rings (SSSR count). The minimum absolute atomic E-state index is 0.243. The molecular weight excluding hydrogens is 375 g/mol. The summed E-state index contributed by atoms with van der Waals surface area (Å²) >= 11 is 0. The van der Waals surface area contributed by atoms with E-state index in [9.17, 15) is 9.67 Å². The van der Waals surface area contributed by atoms with Crippen molar-refractivity contribution >= 4 is 7.60 Å². The molecule has 0 aromatic heterocycles. The fourth-order valence-corrected chi connectivity index (χ4v) is 3.51. The van der Waals surface area contributed by atoms with Crippen LogP contribution in [0.4, 0.5) is 0 Å². The van der Waals surface area contributed by atoms with Crippen molar-refractivity contribution in [3.63, 3.8) is 0 Å². The summed E-state index contributed by atoms with van der Waals surface area (Å²) < 4.78 is 16.2. The van der Waals surface area contributed by atoms with Crippen LogP contribution < -0.4 is 4.74 Å². The Balaban J connectivity index is 1.83. The molecule has 6 heteroatoms. The normalized spacial score (nSPS) is 11.4. The van der Waals surface area contributed by atoms with Gasteiger partial charge >= 0.3 is 7.60 Å². The first-order chi connectivity index (χ1) is 13.2. The van der Waals surface area contributed by atoms with Crippen LogP contribution in [0.1, 0.15) is 22.3 Å². The van der Waals surface area contributed by atoms with Gasteiger partial charge in [-0.1, -0.05) is 36.4 Å². The van der Waals surface area contributed by atoms with Gasteiger partial charge in [0.05, 0.1) is 0 Å². The van der Waals surface area contributed by atoms with Crippen LogP contribution in [-0.4, -0.2) is 21.2 Å². The van der Waals surface area contributed by atoms with Crippen LogP contribution in [0.3, 0.4) is 0 Å². The maximum atomic E-state index is 11.0. The van der Waals surface area contributed by atoms with Gasteiger partial charge in [0.15, 0.2) is 6.35 Å². The topological polar surface area (TPSA) is 87.0 Å². The molecule has 0 fully saturated rings. The number of ether oxygens (including phenoxy) is 1. The van der Waals surface area contributed by atoms with E-state index in [1.165, 1.54) is 0 Å². The van der Waals surface area contributed by atoms with Gasteiger partial charge in [0.25, 0.3) is 0 Å². The van der Waals surface area contributed by atoms with E-state index < -0.39 is 13.9 Å².